The number of hydrogen-bond donors (Lipinski definition) is 0. The molecule has 0 spiro atoms. The zero-order valence-electron chi connectivity index (χ0n) is 15.6. The van der Waals surface area contributed by atoms with Gasteiger partial charge in [-0.3, -0.25) is 0 Å². The minimum absolute atomic E-state index is 0.00595. The average Bonchev–Trinajstić information content (AvgIpc) is 3.30. The number of pyridine rings is 1. The van der Waals surface area contributed by atoms with Crippen molar-refractivity contribution in [3.63, 3.8) is 0 Å². The molecule has 0 bridgehead atoms. The van der Waals surface area contributed by atoms with E-state index in [0.717, 1.165) is 0 Å². The predicted octanol–water partition coefficient (Wildman–Crippen LogP) is 5.64. The predicted molar refractivity (Wildman–Crippen MR) is 110 cm³/mol. The van der Waals surface area contributed by atoms with Crippen molar-refractivity contribution in [2.75, 3.05) is 6.26 Å². The van der Waals surface area contributed by atoms with Crippen molar-refractivity contribution < 1.29 is 21.9 Å². The fraction of sp³-hybridized carbons (Fsp3) is 0.167. The van der Waals surface area contributed by atoms with Crippen molar-refractivity contribution in [1.82, 2.24) is 19.5 Å². The summed E-state index contributed by atoms with van der Waals surface area (Å²) >= 11 is 12.2. The molecular formula is C18H12Cl2F3N5O2S. The Hall–Kier alpha value is -2.63. The number of nitrogens with zero attached hydrogens (tertiary/aromatic N) is 5. The van der Waals surface area contributed by atoms with E-state index < -0.39 is 21.8 Å². The molecule has 4 rings (SSSR count). The van der Waals surface area contributed by atoms with Crippen LogP contribution < -0.4 is 0 Å². The summed E-state index contributed by atoms with van der Waals surface area (Å²) in [6.45, 7) is 0. The number of benzene rings is 1. The molecule has 7 nitrogen and oxygen atoms in total. The topological polar surface area (TPSA) is 85.7 Å². The van der Waals surface area contributed by atoms with Gasteiger partial charge in [-0.15, -0.1) is 0 Å². The van der Waals surface area contributed by atoms with E-state index in [1.165, 1.54) is 18.5 Å². The highest BCUT2D eigenvalue weighted by Gasteiger charge is 2.38. The third kappa shape index (κ3) is 4.68. The Balaban J connectivity index is 1.65. The fourth-order valence-electron chi connectivity index (χ4n) is 2.78. The summed E-state index contributed by atoms with van der Waals surface area (Å²) in [4.78, 5) is 7.74. The molecular weight excluding hydrogens is 478 g/mol. The van der Waals surface area contributed by atoms with Crippen LogP contribution in [0.3, 0.4) is 0 Å². The summed E-state index contributed by atoms with van der Waals surface area (Å²) < 4.78 is 61.1. The first-order valence-corrected chi connectivity index (χ1v) is 11.4. The minimum atomic E-state index is -4.73. The highest BCUT2D eigenvalue weighted by atomic mass is 35.5. The number of aromatic nitrogens is 4. The average molecular weight is 490 g/mol. The Bertz CT molecular complexity index is 1390. The maximum atomic E-state index is 13.0. The van der Waals surface area contributed by atoms with E-state index in [0.29, 0.717) is 16.9 Å². The van der Waals surface area contributed by atoms with Gasteiger partial charge in [-0.1, -0.05) is 34.4 Å². The number of rotatable bonds is 4. The first-order valence-electron chi connectivity index (χ1n) is 8.55. The number of hydrogen-bond acceptors (Lipinski definition) is 6. The van der Waals surface area contributed by atoms with Gasteiger partial charge < -0.3 is 8.92 Å². The zero-order chi connectivity index (χ0) is 22.4. The van der Waals surface area contributed by atoms with E-state index in [4.69, 9.17) is 23.2 Å². The van der Waals surface area contributed by atoms with E-state index in [1.54, 1.807) is 34.9 Å². The summed E-state index contributed by atoms with van der Waals surface area (Å²) in [7, 11) is -2.79. The normalized spacial score (nSPS) is 14.0. The van der Waals surface area contributed by atoms with E-state index in [1.807, 2.05) is 0 Å². The van der Waals surface area contributed by atoms with Gasteiger partial charge >= 0.3 is 12.1 Å². The molecule has 0 saturated heterocycles. The lowest BCUT2D eigenvalue weighted by atomic mass is 10.3. The number of imidazole rings is 1. The van der Waals surface area contributed by atoms with E-state index in [9.17, 15) is 17.4 Å². The molecule has 3 heterocycles. The molecule has 13 heteroatoms. The largest absolute Gasteiger partial charge is 0.471 e. The second kappa shape index (κ2) is 7.81. The van der Waals surface area contributed by atoms with Gasteiger partial charge in [0.05, 0.1) is 31.2 Å². The lowest BCUT2D eigenvalue weighted by molar-refractivity contribution is -0.159. The fourth-order valence-corrected chi connectivity index (χ4v) is 4.70. The monoisotopic (exact) mass is 489 g/mol. The molecule has 0 radical (unpaired) electrons. The molecule has 162 valence electrons. The smallest absolute Gasteiger partial charge is 0.329 e. The molecule has 0 aliphatic rings. The molecule has 1 atom stereocenters. The van der Waals surface area contributed by atoms with Crippen LogP contribution in [0.5, 0.6) is 0 Å². The Morgan fingerprint density at radius 3 is 2.48 bits per heavy atom. The Labute approximate surface area is 184 Å². The van der Waals surface area contributed by atoms with Gasteiger partial charge in [0.15, 0.2) is 0 Å². The molecule has 0 fully saturated rings. The molecule has 1 aromatic carbocycles. The van der Waals surface area contributed by atoms with Crippen molar-refractivity contribution in [3.8, 4) is 11.4 Å². The third-order valence-electron chi connectivity index (χ3n) is 4.07. The lowest BCUT2D eigenvalue weighted by Gasteiger charge is -2.05. The van der Waals surface area contributed by atoms with Crippen molar-refractivity contribution in [2.24, 2.45) is 4.36 Å². The summed E-state index contributed by atoms with van der Waals surface area (Å²) in [6, 6.07) is 7.92. The summed E-state index contributed by atoms with van der Waals surface area (Å²) in [5, 5.41) is 3.92. The van der Waals surface area contributed by atoms with Crippen LogP contribution in [0, 0.1) is 0 Å². The first-order chi connectivity index (χ1) is 14.5. The van der Waals surface area contributed by atoms with Crippen molar-refractivity contribution >= 4 is 44.3 Å². The van der Waals surface area contributed by atoms with Crippen LogP contribution in [-0.2, 0) is 21.7 Å². The Morgan fingerprint density at radius 1 is 1.13 bits per heavy atom. The molecule has 4 aromatic rings. The highest BCUT2D eigenvalue weighted by molar-refractivity contribution is 7.92. The number of halogens is 5. The standard InChI is InChI=1S/C18H12Cl2F3N5O2S/c1-31(29,27-15-12(19)3-2-4-13(15)20)9-11-8-28-7-10(5-6-14(28)24-11)16-25-17(30-26-16)18(21,22)23/h2-8H,9H2,1H3. The summed E-state index contributed by atoms with van der Waals surface area (Å²) in [5.74, 6) is -1.64. The van der Waals surface area contributed by atoms with Crippen molar-refractivity contribution in [1.29, 1.82) is 0 Å². The van der Waals surface area contributed by atoms with Crippen LogP contribution >= 0.6 is 23.2 Å². The molecule has 0 N–H and O–H groups in total. The van der Waals surface area contributed by atoms with Crippen LogP contribution in [0.4, 0.5) is 18.9 Å². The van der Waals surface area contributed by atoms with Crippen LogP contribution in [0.2, 0.25) is 10.0 Å². The van der Waals surface area contributed by atoms with Crippen LogP contribution in [0.1, 0.15) is 11.6 Å². The van der Waals surface area contributed by atoms with Crippen LogP contribution in [0.15, 0.2) is 51.6 Å². The lowest BCUT2D eigenvalue weighted by Crippen LogP contribution is -2.04. The SMILES string of the molecule is CS(=O)(Cc1cn2cc(-c3noc(C(F)(F)F)n3)ccc2n1)=Nc1c(Cl)cccc1Cl. The molecule has 1 unspecified atom stereocenters. The zero-order valence-corrected chi connectivity index (χ0v) is 17.9. The van der Waals surface area contributed by atoms with Gasteiger partial charge in [0.2, 0.25) is 5.82 Å². The second-order valence-corrected chi connectivity index (χ2v) is 9.81. The molecule has 0 aliphatic heterocycles. The third-order valence-corrected chi connectivity index (χ3v) is 6.08. The molecule has 31 heavy (non-hydrogen) atoms. The van der Waals surface area contributed by atoms with Gasteiger partial charge in [0.25, 0.3) is 0 Å². The van der Waals surface area contributed by atoms with Gasteiger partial charge in [-0.2, -0.15) is 22.5 Å². The van der Waals surface area contributed by atoms with E-state index in [-0.39, 0.29) is 27.3 Å². The molecule has 0 aliphatic carbocycles. The molecule has 0 saturated carbocycles. The Kier molecular flexibility index (Phi) is 5.44. The van der Waals surface area contributed by atoms with Gasteiger partial charge in [-0.25, -0.2) is 9.19 Å². The first kappa shape index (κ1) is 21.6. The Morgan fingerprint density at radius 2 is 1.84 bits per heavy atom. The van der Waals surface area contributed by atoms with Crippen LogP contribution in [0.25, 0.3) is 17.0 Å². The van der Waals surface area contributed by atoms with Gasteiger partial charge in [0, 0.05) is 24.2 Å². The van der Waals surface area contributed by atoms with Crippen molar-refractivity contribution in [2.45, 2.75) is 11.9 Å². The minimum Gasteiger partial charge on any atom is -0.329 e. The number of alkyl halides is 3. The number of fused-ring (bicyclic) bond motifs is 1. The highest BCUT2D eigenvalue weighted by Crippen LogP contribution is 2.34. The van der Waals surface area contributed by atoms with E-state index in [2.05, 4.69) is 24.0 Å². The van der Waals surface area contributed by atoms with Crippen molar-refractivity contribution in [3.05, 3.63) is 64.4 Å². The maximum Gasteiger partial charge on any atom is 0.471 e. The molecule has 3 aromatic heterocycles. The maximum absolute atomic E-state index is 13.0. The van der Waals surface area contributed by atoms with Crippen LogP contribution in [-0.4, -0.2) is 30.0 Å². The molecule has 0 amide bonds. The summed E-state index contributed by atoms with van der Waals surface area (Å²) in [6.07, 6.45) is -0.181. The summed E-state index contributed by atoms with van der Waals surface area (Å²) in [5.41, 5.74) is 1.48. The second-order valence-electron chi connectivity index (χ2n) is 6.60. The van der Waals surface area contributed by atoms with Gasteiger partial charge in [0.1, 0.15) is 11.3 Å². The van der Waals surface area contributed by atoms with Gasteiger partial charge in [-0.05, 0) is 24.3 Å². The van der Waals surface area contributed by atoms with E-state index >= 15 is 0 Å². The quantitative estimate of drug-likeness (QED) is 0.370.